The Morgan fingerprint density at radius 1 is 1.03 bits per heavy atom. The molecule has 1 amide bonds. The summed E-state index contributed by atoms with van der Waals surface area (Å²) in [5.74, 6) is -12.2. The first-order valence-electron chi connectivity index (χ1n) is 8.57. The number of carbonyl (C=O) groups is 2. The molecule has 0 radical (unpaired) electrons. The zero-order valence-corrected chi connectivity index (χ0v) is 16.6. The maximum Gasteiger partial charge on any atom is 0.466 e. The van der Waals surface area contributed by atoms with Crippen LogP contribution < -0.4 is 5.32 Å². The molecular weight excluding hydrogens is 459 g/mol. The van der Waals surface area contributed by atoms with E-state index >= 15 is 0 Å². The van der Waals surface area contributed by atoms with Crippen LogP contribution in [0.3, 0.4) is 0 Å². The van der Waals surface area contributed by atoms with Gasteiger partial charge in [0.15, 0.2) is 0 Å². The second-order valence-corrected chi connectivity index (χ2v) is 6.67. The summed E-state index contributed by atoms with van der Waals surface area (Å²) in [7, 11) is 0. The first-order chi connectivity index (χ1) is 14.2. The molecule has 0 aliphatic heterocycles. The molecule has 13 heteroatoms. The number of para-hydroxylation sites is 1. The van der Waals surface area contributed by atoms with E-state index in [1.165, 1.54) is 30.3 Å². The van der Waals surface area contributed by atoms with Crippen molar-refractivity contribution in [1.82, 2.24) is 0 Å². The molecule has 174 valence electrons. The van der Waals surface area contributed by atoms with Crippen molar-refractivity contribution in [3.05, 3.63) is 43.0 Å². The van der Waals surface area contributed by atoms with Crippen LogP contribution in [0.4, 0.5) is 36.4 Å². The molecule has 0 heterocycles. The fourth-order valence-corrected chi connectivity index (χ4v) is 2.26. The normalized spacial score (nSPS) is 14.5. The van der Waals surface area contributed by atoms with Gasteiger partial charge in [-0.25, -0.2) is 4.79 Å². The van der Waals surface area contributed by atoms with Crippen molar-refractivity contribution in [3.63, 3.8) is 0 Å². The Bertz CT molecular complexity index is 768. The smallest absolute Gasteiger partial charge is 0.412 e. The monoisotopic (exact) mass is 477 g/mol. The van der Waals surface area contributed by atoms with Gasteiger partial charge in [-0.3, -0.25) is 4.79 Å². The number of esters is 1. The standard InChI is InChI=1S/C18H18F7NO4S/c1-2-13(27)30-16(17(21,22)23,14(28)26-12-8-4-3-5-9-12)29-11-7-6-10-15(19,20)18(24,25)31/h2-5,8-9,31H,1,6-7,10-11H2,(H,26,28). The van der Waals surface area contributed by atoms with Crippen LogP contribution in [0.25, 0.3) is 0 Å². The zero-order chi connectivity index (χ0) is 23.9. The minimum absolute atomic E-state index is 0.0879. The summed E-state index contributed by atoms with van der Waals surface area (Å²) < 4.78 is 102. The fourth-order valence-electron chi connectivity index (χ4n) is 2.14. The highest BCUT2D eigenvalue weighted by atomic mass is 32.1. The molecule has 0 bridgehead atoms. The Kier molecular flexibility index (Phi) is 8.94. The molecule has 1 rings (SSSR count). The van der Waals surface area contributed by atoms with Crippen LogP contribution in [0.2, 0.25) is 0 Å². The van der Waals surface area contributed by atoms with Gasteiger partial charge in [-0.15, -0.1) is 0 Å². The molecule has 1 aromatic carbocycles. The van der Waals surface area contributed by atoms with E-state index in [1.54, 1.807) is 0 Å². The van der Waals surface area contributed by atoms with E-state index in [9.17, 15) is 40.3 Å². The topological polar surface area (TPSA) is 64.6 Å². The van der Waals surface area contributed by atoms with E-state index in [4.69, 9.17) is 0 Å². The average molecular weight is 477 g/mol. The van der Waals surface area contributed by atoms with E-state index in [0.29, 0.717) is 6.08 Å². The number of hydrogen-bond acceptors (Lipinski definition) is 5. The average Bonchev–Trinajstić information content (AvgIpc) is 2.65. The van der Waals surface area contributed by atoms with Crippen molar-refractivity contribution < 1.29 is 49.8 Å². The maximum atomic E-state index is 13.8. The number of carbonyl (C=O) groups excluding carboxylic acids is 2. The number of halogens is 7. The lowest BCUT2D eigenvalue weighted by Gasteiger charge is -2.33. The van der Waals surface area contributed by atoms with Crippen molar-refractivity contribution in [2.75, 3.05) is 11.9 Å². The van der Waals surface area contributed by atoms with Gasteiger partial charge in [0.2, 0.25) is 0 Å². The van der Waals surface area contributed by atoms with E-state index in [2.05, 4.69) is 28.7 Å². The second kappa shape index (κ2) is 10.4. The van der Waals surface area contributed by atoms with E-state index in [0.717, 1.165) is 0 Å². The highest BCUT2D eigenvalue weighted by molar-refractivity contribution is 7.81. The Morgan fingerprint density at radius 3 is 2.10 bits per heavy atom. The van der Waals surface area contributed by atoms with Crippen LogP contribution in [-0.4, -0.2) is 41.6 Å². The predicted molar refractivity (Wildman–Crippen MR) is 98.8 cm³/mol. The number of thiol groups is 1. The summed E-state index contributed by atoms with van der Waals surface area (Å²) in [6.07, 6.45) is -7.94. The molecule has 1 N–H and O–H groups in total. The number of ether oxygens (including phenoxy) is 2. The van der Waals surface area contributed by atoms with Crippen molar-refractivity contribution in [1.29, 1.82) is 0 Å². The van der Waals surface area contributed by atoms with Gasteiger partial charge in [0.1, 0.15) is 0 Å². The number of amides is 1. The molecule has 0 fully saturated rings. The molecule has 1 atom stereocenters. The Morgan fingerprint density at radius 2 is 1.61 bits per heavy atom. The SMILES string of the molecule is C=CC(=O)OC(OCCCCC(F)(F)C(F)(F)S)(C(=O)Nc1ccccc1)C(F)(F)F. The lowest BCUT2D eigenvalue weighted by Crippen LogP contribution is -2.59. The number of unbranched alkanes of at least 4 members (excludes halogenated alkanes) is 1. The number of alkyl halides is 7. The second-order valence-electron chi connectivity index (χ2n) is 6.11. The third-order valence-electron chi connectivity index (χ3n) is 3.75. The number of rotatable bonds is 11. The van der Waals surface area contributed by atoms with Crippen LogP contribution in [-0.2, 0) is 19.1 Å². The summed E-state index contributed by atoms with van der Waals surface area (Å²) in [5.41, 5.74) is -0.0879. The largest absolute Gasteiger partial charge is 0.466 e. The zero-order valence-electron chi connectivity index (χ0n) is 15.7. The third-order valence-corrected chi connectivity index (χ3v) is 4.07. The highest BCUT2D eigenvalue weighted by Gasteiger charge is 2.66. The van der Waals surface area contributed by atoms with Crippen LogP contribution in [0, 0.1) is 0 Å². The molecule has 0 aliphatic rings. The summed E-state index contributed by atoms with van der Waals surface area (Å²) in [6, 6.07) is 6.81. The van der Waals surface area contributed by atoms with Crippen molar-refractivity contribution in [2.24, 2.45) is 0 Å². The molecule has 5 nitrogen and oxygen atoms in total. The van der Waals surface area contributed by atoms with Crippen LogP contribution in [0.5, 0.6) is 0 Å². The molecule has 0 aromatic heterocycles. The molecule has 1 aromatic rings. The minimum Gasteiger partial charge on any atom is -0.412 e. The third kappa shape index (κ3) is 7.13. The maximum absolute atomic E-state index is 13.8. The summed E-state index contributed by atoms with van der Waals surface area (Å²) >= 11 is 2.48. The lowest BCUT2D eigenvalue weighted by molar-refractivity contribution is -0.345. The molecule has 0 spiro atoms. The number of benzene rings is 1. The van der Waals surface area contributed by atoms with Gasteiger partial charge in [0, 0.05) is 18.2 Å². The Labute approximate surface area is 178 Å². The molecule has 1 unspecified atom stereocenters. The fraction of sp³-hybridized carbons (Fsp3) is 0.444. The van der Waals surface area contributed by atoms with Gasteiger partial charge in [0.25, 0.3) is 0 Å². The summed E-state index contributed by atoms with van der Waals surface area (Å²) in [6.45, 7) is 1.91. The summed E-state index contributed by atoms with van der Waals surface area (Å²) in [5, 5.41) is -2.75. The first-order valence-corrected chi connectivity index (χ1v) is 9.01. The minimum atomic E-state index is -5.59. The highest BCUT2D eigenvalue weighted by Crippen LogP contribution is 2.41. The lowest BCUT2D eigenvalue weighted by atomic mass is 10.1. The van der Waals surface area contributed by atoms with Crippen LogP contribution >= 0.6 is 12.6 Å². The van der Waals surface area contributed by atoms with E-state index in [-0.39, 0.29) is 5.69 Å². The van der Waals surface area contributed by atoms with Gasteiger partial charge in [-0.2, -0.15) is 30.7 Å². The van der Waals surface area contributed by atoms with Gasteiger partial charge in [-0.1, -0.05) is 37.4 Å². The Balaban J connectivity index is 3.00. The molecule has 0 aliphatic carbocycles. The van der Waals surface area contributed by atoms with E-state index < -0.39 is 60.9 Å². The summed E-state index contributed by atoms with van der Waals surface area (Å²) in [4.78, 5) is 23.9. The number of anilines is 1. The predicted octanol–water partition coefficient (Wildman–Crippen LogP) is 4.96. The quantitative estimate of drug-likeness (QED) is 0.118. The van der Waals surface area contributed by atoms with Gasteiger partial charge >= 0.3 is 35.0 Å². The molecular formula is C18H18F7NO4S. The first kappa shape index (κ1) is 26.8. The van der Waals surface area contributed by atoms with Gasteiger partial charge in [-0.05, 0) is 25.0 Å². The molecule has 0 saturated carbocycles. The van der Waals surface area contributed by atoms with Crippen LogP contribution in [0.1, 0.15) is 19.3 Å². The van der Waals surface area contributed by atoms with Crippen LogP contribution in [0.15, 0.2) is 43.0 Å². The van der Waals surface area contributed by atoms with Crippen molar-refractivity contribution in [3.8, 4) is 0 Å². The van der Waals surface area contributed by atoms with Gasteiger partial charge in [0.05, 0.1) is 6.61 Å². The molecule has 0 saturated heterocycles. The Hall–Kier alpha value is -2.28. The van der Waals surface area contributed by atoms with Gasteiger partial charge < -0.3 is 14.8 Å². The van der Waals surface area contributed by atoms with E-state index in [1.807, 2.05) is 5.32 Å². The molecule has 31 heavy (non-hydrogen) atoms. The van der Waals surface area contributed by atoms with Crippen molar-refractivity contribution in [2.45, 2.75) is 42.4 Å². The number of nitrogens with one attached hydrogen (secondary N) is 1. The number of hydrogen-bond donors (Lipinski definition) is 2. The van der Waals surface area contributed by atoms with Crippen molar-refractivity contribution >= 4 is 30.2 Å².